The van der Waals surface area contributed by atoms with Crippen molar-refractivity contribution in [1.82, 2.24) is 15.1 Å². The summed E-state index contributed by atoms with van der Waals surface area (Å²) in [6.07, 6.45) is 5.26. The first-order valence-corrected chi connectivity index (χ1v) is 8.37. The normalized spacial score (nSPS) is 36.2. The first-order valence-electron chi connectivity index (χ1n) is 8.37. The van der Waals surface area contributed by atoms with Crippen LogP contribution in [0.2, 0.25) is 0 Å². The van der Waals surface area contributed by atoms with Gasteiger partial charge in [-0.15, -0.1) is 0 Å². The summed E-state index contributed by atoms with van der Waals surface area (Å²) < 4.78 is 0. The first-order chi connectivity index (χ1) is 9.58. The Morgan fingerprint density at radius 3 is 2.65 bits per heavy atom. The Labute approximate surface area is 121 Å². The van der Waals surface area contributed by atoms with Crippen LogP contribution in [0.4, 0.5) is 0 Å². The summed E-state index contributed by atoms with van der Waals surface area (Å²) in [6.45, 7) is 9.01. The van der Waals surface area contributed by atoms with Gasteiger partial charge in [0.25, 0.3) is 0 Å². The van der Waals surface area contributed by atoms with Crippen LogP contribution in [0, 0.1) is 11.3 Å². The molecule has 0 bridgehead atoms. The lowest BCUT2D eigenvalue weighted by Crippen LogP contribution is -2.65. The summed E-state index contributed by atoms with van der Waals surface area (Å²) in [5.41, 5.74) is 0.419. The Balaban J connectivity index is 1.31. The second kappa shape index (κ2) is 4.44. The zero-order valence-corrected chi connectivity index (χ0v) is 12.8. The average molecular weight is 277 g/mol. The number of nitrogens with one attached hydrogen (secondary N) is 1. The van der Waals surface area contributed by atoms with Crippen molar-refractivity contribution in [2.24, 2.45) is 11.3 Å². The lowest BCUT2D eigenvalue weighted by atomic mass is 9.73. The van der Waals surface area contributed by atoms with E-state index in [0.717, 1.165) is 19.0 Å². The molecule has 0 aromatic carbocycles. The molecule has 1 N–H and O–H groups in total. The maximum atomic E-state index is 12.4. The van der Waals surface area contributed by atoms with Crippen molar-refractivity contribution >= 4 is 5.91 Å². The molecule has 4 aliphatic rings. The monoisotopic (exact) mass is 277 g/mol. The molecule has 0 aromatic heterocycles. The van der Waals surface area contributed by atoms with Crippen LogP contribution in [0.15, 0.2) is 0 Å². The molecule has 112 valence electrons. The topological polar surface area (TPSA) is 45.5 Å². The molecule has 4 fully saturated rings. The second-order valence-electron chi connectivity index (χ2n) is 7.87. The Morgan fingerprint density at radius 1 is 1.25 bits per heavy atom. The molecular formula is C16H27N3O. The highest BCUT2D eigenvalue weighted by molar-refractivity contribution is 5.86. The Morgan fingerprint density at radius 2 is 2.00 bits per heavy atom. The summed E-state index contributed by atoms with van der Waals surface area (Å²) in [5, 5.41) is 3.40. The van der Waals surface area contributed by atoms with E-state index >= 15 is 0 Å². The molecule has 20 heavy (non-hydrogen) atoms. The van der Waals surface area contributed by atoms with Gasteiger partial charge in [0.05, 0.1) is 0 Å². The highest BCUT2D eigenvalue weighted by Crippen LogP contribution is 2.43. The third kappa shape index (κ3) is 2.17. The predicted molar refractivity (Wildman–Crippen MR) is 78.4 cm³/mol. The van der Waals surface area contributed by atoms with Gasteiger partial charge in [0.15, 0.2) is 0 Å². The van der Waals surface area contributed by atoms with Crippen LogP contribution in [0.1, 0.15) is 39.5 Å². The molecule has 1 aliphatic carbocycles. The maximum absolute atomic E-state index is 12.4. The summed E-state index contributed by atoms with van der Waals surface area (Å²) >= 11 is 0. The molecule has 4 heteroatoms. The molecule has 4 rings (SSSR count). The van der Waals surface area contributed by atoms with E-state index in [-0.39, 0.29) is 6.04 Å². The summed E-state index contributed by atoms with van der Waals surface area (Å²) in [7, 11) is 0. The summed E-state index contributed by atoms with van der Waals surface area (Å²) in [6, 6.07) is 1.34. The smallest absolute Gasteiger partial charge is 0.241 e. The number of piperidine rings is 1. The van der Waals surface area contributed by atoms with Crippen LogP contribution in [-0.4, -0.2) is 60.0 Å². The number of likely N-dealkylation sites (tertiary alicyclic amines) is 2. The average Bonchev–Trinajstić information content (AvgIpc) is 3.26. The second-order valence-corrected chi connectivity index (χ2v) is 7.87. The van der Waals surface area contributed by atoms with Crippen molar-refractivity contribution in [2.45, 2.75) is 57.7 Å². The van der Waals surface area contributed by atoms with Crippen LogP contribution < -0.4 is 5.32 Å². The number of hydrogen-bond donors (Lipinski definition) is 1. The molecular weight excluding hydrogens is 250 g/mol. The minimum Gasteiger partial charge on any atom is -0.340 e. The molecule has 3 heterocycles. The quantitative estimate of drug-likeness (QED) is 0.785. The molecule has 0 aromatic rings. The zero-order chi connectivity index (χ0) is 13.9. The van der Waals surface area contributed by atoms with Crippen molar-refractivity contribution in [1.29, 1.82) is 0 Å². The zero-order valence-electron chi connectivity index (χ0n) is 12.8. The van der Waals surface area contributed by atoms with Gasteiger partial charge in [-0.2, -0.15) is 0 Å². The fraction of sp³-hybridized carbons (Fsp3) is 0.938. The number of amides is 1. The van der Waals surface area contributed by atoms with Crippen LogP contribution in [0.25, 0.3) is 0 Å². The summed E-state index contributed by atoms with van der Waals surface area (Å²) in [4.78, 5) is 17.1. The predicted octanol–water partition coefficient (Wildman–Crippen LogP) is 1.07. The fourth-order valence-corrected chi connectivity index (χ4v) is 4.30. The van der Waals surface area contributed by atoms with Gasteiger partial charge in [0.1, 0.15) is 6.04 Å². The van der Waals surface area contributed by atoms with E-state index in [1.807, 2.05) is 0 Å². The van der Waals surface area contributed by atoms with Crippen molar-refractivity contribution in [3.8, 4) is 0 Å². The van der Waals surface area contributed by atoms with E-state index in [1.54, 1.807) is 0 Å². The van der Waals surface area contributed by atoms with Crippen molar-refractivity contribution in [3.05, 3.63) is 0 Å². The number of rotatable bonds is 3. The third-order valence-electron chi connectivity index (χ3n) is 5.80. The van der Waals surface area contributed by atoms with Gasteiger partial charge in [-0.05, 0) is 52.0 Å². The molecule has 0 unspecified atom stereocenters. The van der Waals surface area contributed by atoms with Crippen LogP contribution >= 0.6 is 0 Å². The van der Waals surface area contributed by atoms with Crippen molar-refractivity contribution in [2.75, 3.05) is 26.2 Å². The van der Waals surface area contributed by atoms with Gasteiger partial charge >= 0.3 is 0 Å². The number of nitrogens with zero attached hydrogens (tertiary/aromatic N) is 2. The van der Waals surface area contributed by atoms with E-state index in [4.69, 9.17) is 0 Å². The van der Waals surface area contributed by atoms with Gasteiger partial charge in [-0.1, -0.05) is 0 Å². The SMILES string of the molecule is CC(C)N1CCCC2(CN(C(=O)[C@@H]3N[C@H]3C3CC3)C2)C1. The van der Waals surface area contributed by atoms with Gasteiger partial charge in [-0.3, -0.25) is 10.1 Å². The van der Waals surface area contributed by atoms with E-state index in [9.17, 15) is 4.79 Å². The number of carbonyl (C=O) groups is 1. The molecule has 1 amide bonds. The van der Waals surface area contributed by atoms with Crippen LogP contribution in [0.5, 0.6) is 0 Å². The largest absolute Gasteiger partial charge is 0.340 e. The van der Waals surface area contributed by atoms with Gasteiger partial charge in [-0.25, -0.2) is 0 Å². The Hall–Kier alpha value is -0.610. The lowest BCUT2D eigenvalue weighted by Gasteiger charge is -2.55. The van der Waals surface area contributed by atoms with E-state index in [2.05, 4.69) is 29.0 Å². The number of carbonyl (C=O) groups excluding carboxylic acids is 1. The molecule has 3 saturated heterocycles. The minimum absolute atomic E-state index is 0.171. The molecule has 2 atom stereocenters. The molecule has 4 nitrogen and oxygen atoms in total. The molecule has 1 saturated carbocycles. The standard InChI is InChI=1S/C16H27N3O/c1-11(2)18-7-3-6-16(8-18)9-19(10-16)15(20)14-13(17-14)12-4-5-12/h11-14,17H,3-10H2,1-2H3/t13-,14+/m0/s1. The molecule has 0 radical (unpaired) electrons. The maximum Gasteiger partial charge on any atom is 0.241 e. The van der Waals surface area contributed by atoms with Gasteiger partial charge in [0, 0.05) is 37.1 Å². The van der Waals surface area contributed by atoms with Gasteiger partial charge in [0.2, 0.25) is 5.91 Å². The highest BCUT2D eigenvalue weighted by atomic mass is 16.2. The van der Waals surface area contributed by atoms with Crippen molar-refractivity contribution < 1.29 is 4.79 Å². The summed E-state index contributed by atoms with van der Waals surface area (Å²) in [5.74, 6) is 1.19. The van der Waals surface area contributed by atoms with E-state index < -0.39 is 0 Å². The van der Waals surface area contributed by atoms with E-state index in [1.165, 1.54) is 38.8 Å². The fourth-order valence-electron chi connectivity index (χ4n) is 4.30. The van der Waals surface area contributed by atoms with Gasteiger partial charge < -0.3 is 9.80 Å². The lowest BCUT2D eigenvalue weighted by molar-refractivity contribution is -0.147. The van der Waals surface area contributed by atoms with Crippen LogP contribution in [-0.2, 0) is 4.79 Å². The highest BCUT2D eigenvalue weighted by Gasteiger charge is 2.56. The Bertz CT molecular complexity index is 412. The minimum atomic E-state index is 0.171. The number of hydrogen-bond acceptors (Lipinski definition) is 3. The first kappa shape index (κ1) is 13.1. The Kier molecular flexibility index (Phi) is 2.90. The third-order valence-corrected chi connectivity index (χ3v) is 5.80. The van der Waals surface area contributed by atoms with Crippen molar-refractivity contribution in [3.63, 3.8) is 0 Å². The van der Waals surface area contributed by atoms with E-state index in [0.29, 0.717) is 23.4 Å². The molecule has 3 aliphatic heterocycles. The molecule has 1 spiro atoms. The van der Waals surface area contributed by atoms with Crippen LogP contribution in [0.3, 0.4) is 0 Å².